The van der Waals surface area contributed by atoms with Crippen LogP contribution in [0.5, 0.6) is 0 Å². The Labute approximate surface area is 104 Å². The topological polar surface area (TPSA) is 28.4 Å². The van der Waals surface area contributed by atoms with E-state index in [9.17, 15) is 0 Å². The first-order valence-electron chi connectivity index (χ1n) is 6.16. The second kappa shape index (κ2) is 6.62. The van der Waals surface area contributed by atoms with Crippen LogP contribution in [0, 0.1) is 6.92 Å². The molecule has 0 atom stereocenters. The number of nitrogens with one attached hydrogen (secondary N) is 1. The molecular formula is C14H24N2O. The lowest BCUT2D eigenvalue weighted by Crippen LogP contribution is -2.24. The van der Waals surface area contributed by atoms with Crippen LogP contribution in [0.3, 0.4) is 0 Å². The van der Waals surface area contributed by atoms with Gasteiger partial charge in [0.2, 0.25) is 0 Å². The van der Waals surface area contributed by atoms with E-state index in [4.69, 9.17) is 4.42 Å². The molecule has 0 saturated heterocycles. The summed E-state index contributed by atoms with van der Waals surface area (Å²) < 4.78 is 5.77. The van der Waals surface area contributed by atoms with Gasteiger partial charge in [-0.2, -0.15) is 0 Å². The van der Waals surface area contributed by atoms with E-state index < -0.39 is 0 Å². The molecule has 0 saturated carbocycles. The minimum Gasteiger partial charge on any atom is -0.465 e. The maximum Gasteiger partial charge on any atom is 0.118 e. The maximum atomic E-state index is 5.77. The smallest absolute Gasteiger partial charge is 0.118 e. The standard InChI is InChI=1S/C14H24N2O/c1-6-16(9-11(2)3)10-14-7-13(8-15-5)12(4)17-14/h7,15H,2,6,8-10H2,1,3-5H3. The zero-order valence-electron chi connectivity index (χ0n) is 11.5. The van der Waals surface area contributed by atoms with Gasteiger partial charge < -0.3 is 9.73 Å². The van der Waals surface area contributed by atoms with Crippen LogP contribution in [0.25, 0.3) is 0 Å². The Balaban J connectivity index is 2.66. The molecule has 0 radical (unpaired) electrons. The normalized spacial score (nSPS) is 11.1. The van der Waals surface area contributed by atoms with E-state index in [1.54, 1.807) is 0 Å². The highest BCUT2D eigenvalue weighted by atomic mass is 16.3. The lowest BCUT2D eigenvalue weighted by Gasteiger charge is -2.18. The number of likely N-dealkylation sites (N-methyl/N-ethyl adjacent to an activating group) is 1. The third-order valence-electron chi connectivity index (χ3n) is 2.76. The van der Waals surface area contributed by atoms with Crippen LogP contribution in [0.2, 0.25) is 0 Å². The molecular weight excluding hydrogens is 212 g/mol. The first-order valence-corrected chi connectivity index (χ1v) is 6.16. The molecule has 1 aromatic heterocycles. The summed E-state index contributed by atoms with van der Waals surface area (Å²) >= 11 is 0. The Morgan fingerprint density at radius 1 is 1.53 bits per heavy atom. The summed E-state index contributed by atoms with van der Waals surface area (Å²) in [4.78, 5) is 2.32. The van der Waals surface area contributed by atoms with E-state index in [0.717, 1.165) is 37.7 Å². The largest absolute Gasteiger partial charge is 0.465 e. The Hall–Kier alpha value is -1.06. The van der Waals surface area contributed by atoms with Gasteiger partial charge in [-0.1, -0.05) is 19.1 Å². The third kappa shape index (κ3) is 4.36. The summed E-state index contributed by atoms with van der Waals surface area (Å²) in [6.07, 6.45) is 0. The summed E-state index contributed by atoms with van der Waals surface area (Å²) in [6, 6.07) is 2.15. The van der Waals surface area contributed by atoms with Gasteiger partial charge in [0, 0.05) is 18.7 Å². The molecule has 0 bridgehead atoms. The molecule has 1 N–H and O–H groups in total. The van der Waals surface area contributed by atoms with Crippen LogP contribution >= 0.6 is 0 Å². The number of furan rings is 1. The van der Waals surface area contributed by atoms with E-state index in [-0.39, 0.29) is 0 Å². The van der Waals surface area contributed by atoms with E-state index in [0.29, 0.717) is 0 Å². The first-order chi connectivity index (χ1) is 8.06. The van der Waals surface area contributed by atoms with E-state index in [2.05, 4.69) is 36.7 Å². The summed E-state index contributed by atoms with van der Waals surface area (Å²) in [7, 11) is 1.95. The second-order valence-electron chi connectivity index (χ2n) is 4.58. The van der Waals surface area contributed by atoms with Gasteiger partial charge >= 0.3 is 0 Å². The Bertz CT molecular complexity index is 368. The van der Waals surface area contributed by atoms with Gasteiger partial charge in [0.1, 0.15) is 11.5 Å². The Morgan fingerprint density at radius 3 is 2.76 bits per heavy atom. The molecule has 96 valence electrons. The lowest BCUT2D eigenvalue weighted by atomic mass is 10.2. The highest BCUT2D eigenvalue weighted by Crippen LogP contribution is 2.16. The van der Waals surface area contributed by atoms with Crippen LogP contribution in [0.1, 0.15) is 30.9 Å². The fourth-order valence-electron chi connectivity index (χ4n) is 1.91. The highest BCUT2D eigenvalue weighted by molar-refractivity contribution is 5.20. The van der Waals surface area contributed by atoms with Crippen molar-refractivity contribution in [2.24, 2.45) is 0 Å². The van der Waals surface area contributed by atoms with Gasteiger partial charge in [0.15, 0.2) is 0 Å². The van der Waals surface area contributed by atoms with E-state index >= 15 is 0 Å². The molecule has 3 heteroatoms. The molecule has 0 aromatic carbocycles. The molecule has 0 aliphatic heterocycles. The van der Waals surface area contributed by atoms with Gasteiger partial charge in [-0.05, 0) is 33.5 Å². The second-order valence-corrected chi connectivity index (χ2v) is 4.58. The Kier molecular flexibility index (Phi) is 5.45. The van der Waals surface area contributed by atoms with Crippen molar-refractivity contribution in [2.45, 2.75) is 33.9 Å². The average molecular weight is 236 g/mol. The summed E-state index contributed by atoms with van der Waals surface area (Å²) in [5.41, 5.74) is 2.43. The SMILES string of the molecule is C=C(C)CN(CC)Cc1cc(CNC)c(C)o1. The van der Waals surface area contributed by atoms with Crippen LogP contribution in [0.15, 0.2) is 22.6 Å². The molecule has 0 spiro atoms. The van der Waals surface area contributed by atoms with Crippen LogP contribution in [0.4, 0.5) is 0 Å². The van der Waals surface area contributed by atoms with Crippen molar-refractivity contribution in [3.8, 4) is 0 Å². The molecule has 1 aromatic rings. The van der Waals surface area contributed by atoms with Gasteiger partial charge in [-0.15, -0.1) is 0 Å². The fourth-order valence-corrected chi connectivity index (χ4v) is 1.91. The van der Waals surface area contributed by atoms with Gasteiger partial charge in [-0.3, -0.25) is 4.90 Å². The van der Waals surface area contributed by atoms with Crippen LogP contribution < -0.4 is 5.32 Å². The molecule has 1 rings (SSSR count). The van der Waals surface area contributed by atoms with Crippen molar-refractivity contribution in [2.75, 3.05) is 20.1 Å². The van der Waals surface area contributed by atoms with Crippen molar-refractivity contribution < 1.29 is 4.42 Å². The fraction of sp³-hybridized carbons (Fsp3) is 0.571. The van der Waals surface area contributed by atoms with Crippen molar-refractivity contribution in [3.05, 3.63) is 35.3 Å². The summed E-state index contributed by atoms with van der Waals surface area (Å²) in [5, 5.41) is 3.15. The third-order valence-corrected chi connectivity index (χ3v) is 2.76. The average Bonchev–Trinajstić information content (AvgIpc) is 2.58. The number of hydrogen-bond acceptors (Lipinski definition) is 3. The minimum atomic E-state index is 0.855. The predicted octanol–water partition coefficient (Wildman–Crippen LogP) is 2.71. The molecule has 0 amide bonds. The Morgan fingerprint density at radius 2 is 2.24 bits per heavy atom. The van der Waals surface area contributed by atoms with Gasteiger partial charge in [0.05, 0.1) is 6.54 Å². The molecule has 1 heterocycles. The number of hydrogen-bond donors (Lipinski definition) is 1. The predicted molar refractivity (Wildman–Crippen MR) is 72.0 cm³/mol. The number of nitrogens with zero attached hydrogens (tertiary/aromatic N) is 1. The van der Waals surface area contributed by atoms with Gasteiger partial charge in [0.25, 0.3) is 0 Å². The quantitative estimate of drug-likeness (QED) is 0.738. The van der Waals surface area contributed by atoms with Crippen molar-refractivity contribution in [3.63, 3.8) is 0 Å². The molecule has 0 unspecified atom stereocenters. The summed E-state index contributed by atoms with van der Waals surface area (Å²) in [5.74, 6) is 2.05. The highest BCUT2D eigenvalue weighted by Gasteiger charge is 2.10. The monoisotopic (exact) mass is 236 g/mol. The molecule has 3 nitrogen and oxygen atoms in total. The lowest BCUT2D eigenvalue weighted by molar-refractivity contribution is 0.274. The maximum absolute atomic E-state index is 5.77. The van der Waals surface area contributed by atoms with Crippen molar-refractivity contribution >= 4 is 0 Å². The van der Waals surface area contributed by atoms with E-state index in [1.807, 2.05) is 14.0 Å². The van der Waals surface area contributed by atoms with E-state index in [1.165, 1.54) is 11.1 Å². The molecule has 0 aliphatic carbocycles. The van der Waals surface area contributed by atoms with Crippen LogP contribution in [-0.2, 0) is 13.1 Å². The number of rotatable bonds is 7. The minimum absolute atomic E-state index is 0.855. The van der Waals surface area contributed by atoms with Crippen LogP contribution in [-0.4, -0.2) is 25.0 Å². The summed E-state index contributed by atoms with van der Waals surface area (Å²) in [6.45, 7) is 13.8. The first kappa shape index (κ1) is 14.0. The zero-order valence-corrected chi connectivity index (χ0v) is 11.5. The van der Waals surface area contributed by atoms with Crippen molar-refractivity contribution in [1.29, 1.82) is 0 Å². The van der Waals surface area contributed by atoms with Crippen molar-refractivity contribution in [1.82, 2.24) is 10.2 Å². The zero-order chi connectivity index (χ0) is 12.8. The molecule has 0 aliphatic rings. The number of aryl methyl sites for hydroxylation is 1. The molecule has 17 heavy (non-hydrogen) atoms. The molecule has 0 fully saturated rings. The van der Waals surface area contributed by atoms with Gasteiger partial charge in [-0.25, -0.2) is 0 Å².